The van der Waals surface area contributed by atoms with Crippen LogP contribution < -0.4 is 5.56 Å². The first-order valence-corrected chi connectivity index (χ1v) is 9.72. The Balaban J connectivity index is 2.51. The van der Waals surface area contributed by atoms with E-state index in [4.69, 9.17) is 0 Å². The maximum Gasteiger partial charge on any atom is 0.264 e. The summed E-state index contributed by atoms with van der Waals surface area (Å²) in [4.78, 5) is 19.1. The normalized spacial score (nSPS) is 12.1. The van der Waals surface area contributed by atoms with Crippen molar-refractivity contribution in [3.63, 3.8) is 0 Å². The highest BCUT2D eigenvalue weighted by atomic mass is 28.3. The van der Waals surface area contributed by atoms with Gasteiger partial charge in [0.15, 0.2) is 0 Å². The number of pyridine rings is 2. The molecule has 0 amide bonds. The minimum Gasteiger partial charge on any atom is -0.320 e. The third-order valence-corrected chi connectivity index (χ3v) is 8.50. The van der Waals surface area contributed by atoms with Gasteiger partial charge in [-0.15, -0.1) is 5.54 Å². The molecule has 0 aliphatic rings. The second-order valence-electron chi connectivity index (χ2n) is 6.57. The third-order valence-electron chi connectivity index (χ3n) is 4.00. The molecule has 0 fully saturated rings. The molecule has 0 spiro atoms. The molecule has 0 bridgehead atoms. The second kappa shape index (κ2) is 4.91. The smallest absolute Gasteiger partial charge is 0.264 e. The molecule has 0 unspecified atom stereocenters. The summed E-state index contributed by atoms with van der Waals surface area (Å²) in [6, 6.07) is 5.42. The molecule has 0 aliphatic carbocycles. The summed E-state index contributed by atoms with van der Waals surface area (Å²) in [6.07, 6.45) is 1.71. The van der Waals surface area contributed by atoms with Crippen molar-refractivity contribution in [2.75, 3.05) is 0 Å². The summed E-state index contributed by atoms with van der Waals surface area (Å²) < 4.78 is 0. The zero-order chi connectivity index (χ0) is 15.0. The van der Waals surface area contributed by atoms with Crippen molar-refractivity contribution in [2.45, 2.75) is 38.9 Å². The van der Waals surface area contributed by atoms with E-state index in [-0.39, 0.29) is 10.6 Å². The molecule has 0 aliphatic heterocycles. The van der Waals surface area contributed by atoms with E-state index in [1.165, 1.54) is 0 Å². The molecule has 0 aromatic carbocycles. The van der Waals surface area contributed by atoms with Crippen LogP contribution in [-0.2, 0) is 0 Å². The number of fused-ring (bicyclic) bond motifs is 1. The Labute approximate surface area is 120 Å². The first-order chi connectivity index (χ1) is 9.21. The van der Waals surface area contributed by atoms with Crippen LogP contribution >= 0.6 is 0 Å². The Morgan fingerprint density at radius 1 is 1.30 bits per heavy atom. The zero-order valence-corrected chi connectivity index (χ0v) is 13.7. The molecule has 3 nitrogen and oxygen atoms in total. The summed E-state index contributed by atoms with van der Waals surface area (Å²) in [5.41, 5.74) is 5.24. The van der Waals surface area contributed by atoms with Gasteiger partial charge in [0, 0.05) is 6.20 Å². The highest BCUT2D eigenvalue weighted by Crippen LogP contribution is 2.35. The van der Waals surface area contributed by atoms with Crippen molar-refractivity contribution in [3.8, 4) is 11.5 Å². The predicted octanol–water partition coefficient (Wildman–Crippen LogP) is 3.32. The van der Waals surface area contributed by atoms with Gasteiger partial charge in [-0.1, -0.05) is 39.8 Å². The molecule has 2 rings (SSSR count). The predicted molar refractivity (Wildman–Crippen MR) is 86.4 cm³/mol. The Morgan fingerprint density at radius 2 is 2.00 bits per heavy atom. The number of aromatic nitrogens is 2. The van der Waals surface area contributed by atoms with Crippen LogP contribution in [0.5, 0.6) is 0 Å². The van der Waals surface area contributed by atoms with E-state index in [1.807, 2.05) is 6.07 Å². The van der Waals surface area contributed by atoms with Crippen molar-refractivity contribution >= 4 is 19.1 Å². The highest BCUT2D eigenvalue weighted by Gasteiger charge is 2.33. The number of nitrogens with one attached hydrogen (secondary N) is 1. The fourth-order valence-electron chi connectivity index (χ4n) is 1.53. The van der Waals surface area contributed by atoms with Crippen molar-refractivity contribution in [1.82, 2.24) is 9.97 Å². The van der Waals surface area contributed by atoms with Gasteiger partial charge in [0.05, 0.1) is 16.6 Å². The molecule has 0 atom stereocenters. The lowest BCUT2D eigenvalue weighted by Gasteiger charge is -2.31. The molecule has 104 valence electrons. The Bertz CT molecular complexity index is 758. The third kappa shape index (κ3) is 2.83. The van der Waals surface area contributed by atoms with Crippen LogP contribution in [-0.4, -0.2) is 18.0 Å². The van der Waals surface area contributed by atoms with Gasteiger partial charge in [0.25, 0.3) is 5.56 Å². The van der Waals surface area contributed by atoms with Gasteiger partial charge in [-0.25, -0.2) is 0 Å². The minimum atomic E-state index is -1.71. The number of aromatic amines is 1. The molecule has 0 radical (unpaired) electrons. The molecular formula is C16H20N2OSi. The van der Waals surface area contributed by atoms with Gasteiger partial charge in [0.2, 0.25) is 0 Å². The van der Waals surface area contributed by atoms with Gasteiger partial charge < -0.3 is 4.98 Å². The molecule has 20 heavy (non-hydrogen) atoms. The SMILES string of the molecule is CC(C)(C)[Si](C)(C)C#Cc1cc2ncccc2[nH]c1=O. The topological polar surface area (TPSA) is 45.8 Å². The summed E-state index contributed by atoms with van der Waals surface area (Å²) >= 11 is 0. The number of nitrogens with zero attached hydrogens (tertiary/aromatic N) is 1. The van der Waals surface area contributed by atoms with E-state index in [1.54, 1.807) is 18.3 Å². The standard InChI is InChI=1S/C16H20N2OSi/c1-16(2,3)20(4,5)10-8-12-11-14-13(18-15(12)19)7-6-9-17-14/h6-7,9,11H,1-5H3,(H,18,19). The quantitative estimate of drug-likeness (QED) is 0.596. The molecule has 2 aromatic rings. The van der Waals surface area contributed by atoms with Crippen LogP contribution in [0.25, 0.3) is 11.0 Å². The lowest BCUT2D eigenvalue weighted by Crippen LogP contribution is -2.35. The van der Waals surface area contributed by atoms with Crippen molar-refractivity contribution in [1.29, 1.82) is 0 Å². The molecule has 2 heterocycles. The van der Waals surface area contributed by atoms with Crippen LogP contribution in [0.3, 0.4) is 0 Å². The van der Waals surface area contributed by atoms with Gasteiger partial charge in [-0.3, -0.25) is 9.78 Å². The van der Waals surface area contributed by atoms with Gasteiger partial charge in [-0.2, -0.15) is 0 Å². The molecule has 4 heteroatoms. The fraction of sp³-hybridized carbons (Fsp3) is 0.375. The molecule has 0 saturated heterocycles. The Kier molecular flexibility index (Phi) is 3.57. The lowest BCUT2D eigenvalue weighted by molar-refractivity contribution is 0.731. The molecular weight excluding hydrogens is 264 g/mol. The number of H-pyrrole nitrogens is 1. The average Bonchev–Trinajstić information content (AvgIpc) is 2.35. The van der Waals surface area contributed by atoms with E-state index < -0.39 is 8.07 Å². The van der Waals surface area contributed by atoms with Crippen molar-refractivity contribution in [3.05, 3.63) is 40.3 Å². The summed E-state index contributed by atoms with van der Waals surface area (Å²) in [5.74, 6) is 3.08. The van der Waals surface area contributed by atoms with Crippen LogP contribution in [0.4, 0.5) is 0 Å². The fourth-order valence-corrected chi connectivity index (χ4v) is 2.36. The zero-order valence-electron chi connectivity index (χ0n) is 12.7. The minimum absolute atomic E-state index is 0.142. The average molecular weight is 284 g/mol. The second-order valence-corrected chi connectivity index (χ2v) is 11.6. The largest absolute Gasteiger partial charge is 0.320 e. The van der Waals surface area contributed by atoms with Crippen LogP contribution in [0.15, 0.2) is 29.2 Å². The first-order valence-electron chi connectivity index (χ1n) is 6.72. The van der Waals surface area contributed by atoms with Crippen molar-refractivity contribution in [2.24, 2.45) is 0 Å². The van der Waals surface area contributed by atoms with Gasteiger partial charge in [0.1, 0.15) is 8.07 Å². The van der Waals surface area contributed by atoms with Gasteiger partial charge in [-0.05, 0) is 23.2 Å². The van der Waals surface area contributed by atoms with E-state index in [2.05, 4.69) is 55.3 Å². The van der Waals surface area contributed by atoms with Crippen LogP contribution in [0, 0.1) is 11.5 Å². The molecule has 2 aromatic heterocycles. The Hall–Kier alpha value is -1.86. The molecule has 1 N–H and O–H groups in total. The maximum absolute atomic E-state index is 12.0. The van der Waals surface area contributed by atoms with E-state index in [9.17, 15) is 4.79 Å². The maximum atomic E-state index is 12.0. The van der Waals surface area contributed by atoms with E-state index in [0.717, 1.165) is 11.0 Å². The van der Waals surface area contributed by atoms with E-state index in [0.29, 0.717) is 5.56 Å². The summed E-state index contributed by atoms with van der Waals surface area (Å²) in [5, 5.41) is 0.182. The van der Waals surface area contributed by atoms with Gasteiger partial charge >= 0.3 is 0 Å². The number of hydrogen-bond donors (Lipinski definition) is 1. The molecule has 0 saturated carbocycles. The van der Waals surface area contributed by atoms with Crippen molar-refractivity contribution < 1.29 is 0 Å². The Morgan fingerprint density at radius 3 is 2.65 bits per heavy atom. The number of rotatable bonds is 0. The summed E-state index contributed by atoms with van der Waals surface area (Å²) in [6.45, 7) is 11.1. The van der Waals surface area contributed by atoms with Crippen LogP contribution in [0.2, 0.25) is 18.1 Å². The first kappa shape index (κ1) is 14.5. The summed E-state index contributed by atoms with van der Waals surface area (Å²) in [7, 11) is -1.71. The monoisotopic (exact) mass is 284 g/mol. The number of hydrogen-bond acceptors (Lipinski definition) is 2. The van der Waals surface area contributed by atoms with E-state index >= 15 is 0 Å². The van der Waals surface area contributed by atoms with Crippen LogP contribution in [0.1, 0.15) is 26.3 Å². The lowest BCUT2D eigenvalue weighted by atomic mass is 10.2. The highest BCUT2D eigenvalue weighted by molar-refractivity contribution is 6.87.